The highest BCUT2D eigenvalue weighted by Gasteiger charge is 2.25. The third-order valence-electron chi connectivity index (χ3n) is 4.95. The summed E-state index contributed by atoms with van der Waals surface area (Å²) in [5.41, 5.74) is 0. The Labute approximate surface area is 154 Å². The molecule has 0 atom stereocenters. The minimum atomic E-state index is 0.0643. The van der Waals surface area contributed by atoms with Crippen LogP contribution in [0.25, 0.3) is 0 Å². The number of nitrogens with zero attached hydrogens (tertiary/aromatic N) is 4. The molecule has 8 heteroatoms. The molecule has 144 valence electrons. The van der Waals surface area contributed by atoms with Crippen molar-refractivity contribution in [2.45, 2.75) is 6.54 Å². The number of morpholine rings is 1. The fourth-order valence-corrected chi connectivity index (χ4v) is 3.24. The predicted octanol–water partition coefficient (Wildman–Crippen LogP) is -0.286. The molecule has 3 heterocycles. The Morgan fingerprint density at radius 1 is 1.04 bits per heavy atom. The lowest BCUT2D eigenvalue weighted by Crippen LogP contribution is -2.53. The van der Waals surface area contributed by atoms with Gasteiger partial charge < -0.3 is 19.0 Å². The zero-order chi connectivity index (χ0) is 18.4. The standard InChI is InChI=1S/C18H28N4O4/c1-19(13-16-3-2-10-26-16)17(23)14-20-4-6-22(7-5-20)18(24)15-21-8-11-25-12-9-21/h2-3,10H,4-9,11-15H2,1H3. The quantitative estimate of drug-likeness (QED) is 0.691. The van der Waals surface area contributed by atoms with Gasteiger partial charge in [-0.15, -0.1) is 0 Å². The molecule has 0 unspecified atom stereocenters. The molecule has 0 radical (unpaired) electrons. The van der Waals surface area contributed by atoms with Crippen LogP contribution in [0.5, 0.6) is 0 Å². The van der Waals surface area contributed by atoms with Gasteiger partial charge in [0.15, 0.2) is 0 Å². The third-order valence-corrected chi connectivity index (χ3v) is 4.95. The van der Waals surface area contributed by atoms with Gasteiger partial charge in [0.1, 0.15) is 5.76 Å². The van der Waals surface area contributed by atoms with Gasteiger partial charge in [-0.3, -0.25) is 19.4 Å². The van der Waals surface area contributed by atoms with E-state index in [2.05, 4.69) is 9.80 Å². The van der Waals surface area contributed by atoms with E-state index >= 15 is 0 Å². The van der Waals surface area contributed by atoms with Crippen molar-refractivity contribution in [2.24, 2.45) is 0 Å². The maximum atomic E-state index is 12.4. The van der Waals surface area contributed by atoms with E-state index in [1.54, 1.807) is 18.2 Å². The third kappa shape index (κ3) is 5.30. The van der Waals surface area contributed by atoms with Crippen molar-refractivity contribution in [3.8, 4) is 0 Å². The normalized spacial score (nSPS) is 19.5. The molecule has 0 bridgehead atoms. The number of carbonyl (C=O) groups is 2. The van der Waals surface area contributed by atoms with Crippen molar-refractivity contribution in [1.29, 1.82) is 0 Å². The van der Waals surface area contributed by atoms with E-state index in [0.717, 1.165) is 31.9 Å². The van der Waals surface area contributed by atoms with Gasteiger partial charge in [0, 0.05) is 46.3 Å². The van der Waals surface area contributed by atoms with Crippen molar-refractivity contribution in [3.63, 3.8) is 0 Å². The van der Waals surface area contributed by atoms with E-state index in [1.165, 1.54) is 0 Å². The number of hydrogen-bond donors (Lipinski definition) is 0. The van der Waals surface area contributed by atoms with Crippen molar-refractivity contribution < 1.29 is 18.7 Å². The molecule has 0 saturated carbocycles. The fourth-order valence-electron chi connectivity index (χ4n) is 3.24. The van der Waals surface area contributed by atoms with Gasteiger partial charge in [0.25, 0.3) is 0 Å². The van der Waals surface area contributed by atoms with Crippen LogP contribution in [0.2, 0.25) is 0 Å². The fraction of sp³-hybridized carbons (Fsp3) is 0.667. The summed E-state index contributed by atoms with van der Waals surface area (Å²) in [6.07, 6.45) is 1.61. The second kappa shape index (κ2) is 9.16. The van der Waals surface area contributed by atoms with Crippen LogP contribution in [0.4, 0.5) is 0 Å². The molecule has 2 fully saturated rings. The summed E-state index contributed by atoms with van der Waals surface area (Å²) in [6, 6.07) is 3.68. The van der Waals surface area contributed by atoms with Crippen molar-refractivity contribution >= 4 is 11.8 Å². The number of ether oxygens (including phenoxy) is 1. The monoisotopic (exact) mass is 364 g/mol. The van der Waals surface area contributed by atoms with Gasteiger partial charge in [0.2, 0.25) is 11.8 Å². The van der Waals surface area contributed by atoms with Crippen LogP contribution in [0.1, 0.15) is 5.76 Å². The SMILES string of the molecule is CN(Cc1ccco1)C(=O)CN1CCN(C(=O)CN2CCOCC2)CC1. The molecule has 0 aliphatic carbocycles. The second-order valence-corrected chi connectivity index (χ2v) is 6.87. The molecule has 0 aromatic carbocycles. The van der Waals surface area contributed by atoms with Gasteiger partial charge in [-0.05, 0) is 12.1 Å². The van der Waals surface area contributed by atoms with Gasteiger partial charge in [0.05, 0.1) is 39.1 Å². The number of likely N-dealkylation sites (N-methyl/N-ethyl adjacent to an activating group) is 1. The molecular formula is C18H28N4O4. The summed E-state index contributed by atoms with van der Waals surface area (Å²) in [4.78, 5) is 32.6. The molecule has 2 amide bonds. The van der Waals surface area contributed by atoms with E-state index in [9.17, 15) is 9.59 Å². The Morgan fingerprint density at radius 3 is 2.38 bits per heavy atom. The summed E-state index contributed by atoms with van der Waals surface area (Å²) >= 11 is 0. The molecule has 2 aliphatic heterocycles. The zero-order valence-electron chi connectivity index (χ0n) is 15.4. The maximum absolute atomic E-state index is 12.4. The van der Waals surface area contributed by atoms with Crippen LogP contribution >= 0.6 is 0 Å². The van der Waals surface area contributed by atoms with Gasteiger partial charge >= 0.3 is 0 Å². The number of rotatable bonds is 6. The van der Waals surface area contributed by atoms with Crippen molar-refractivity contribution in [1.82, 2.24) is 19.6 Å². The van der Waals surface area contributed by atoms with Crippen LogP contribution in [0, 0.1) is 0 Å². The highest BCUT2D eigenvalue weighted by molar-refractivity contribution is 5.79. The smallest absolute Gasteiger partial charge is 0.236 e. The first-order valence-corrected chi connectivity index (χ1v) is 9.18. The largest absolute Gasteiger partial charge is 0.467 e. The molecule has 2 saturated heterocycles. The summed E-state index contributed by atoms with van der Waals surface area (Å²) in [5.74, 6) is 1.02. The molecular weight excluding hydrogens is 336 g/mol. The molecule has 0 spiro atoms. The van der Waals surface area contributed by atoms with E-state index in [-0.39, 0.29) is 11.8 Å². The number of carbonyl (C=O) groups excluding carboxylic acids is 2. The Balaban J connectivity index is 1.37. The summed E-state index contributed by atoms with van der Waals surface area (Å²) in [6.45, 7) is 7.19. The van der Waals surface area contributed by atoms with E-state index in [4.69, 9.17) is 9.15 Å². The first kappa shape index (κ1) is 18.9. The highest BCUT2D eigenvalue weighted by Crippen LogP contribution is 2.07. The lowest BCUT2D eigenvalue weighted by molar-refractivity contribution is -0.136. The van der Waals surface area contributed by atoms with Gasteiger partial charge in [-0.1, -0.05) is 0 Å². The van der Waals surface area contributed by atoms with Crippen molar-refractivity contribution in [2.75, 3.05) is 72.6 Å². The van der Waals surface area contributed by atoms with Gasteiger partial charge in [-0.2, -0.15) is 0 Å². The average molecular weight is 364 g/mol. The van der Waals surface area contributed by atoms with Crippen LogP contribution < -0.4 is 0 Å². The highest BCUT2D eigenvalue weighted by atomic mass is 16.5. The van der Waals surface area contributed by atoms with Gasteiger partial charge in [-0.25, -0.2) is 0 Å². The topological polar surface area (TPSA) is 69.5 Å². The Bertz CT molecular complexity index is 578. The van der Waals surface area contributed by atoms with E-state index < -0.39 is 0 Å². The maximum Gasteiger partial charge on any atom is 0.236 e. The number of amides is 2. The molecule has 8 nitrogen and oxygen atoms in total. The summed E-state index contributed by atoms with van der Waals surface area (Å²) in [7, 11) is 1.78. The zero-order valence-corrected chi connectivity index (χ0v) is 15.4. The average Bonchev–Trinajstić information content (AvgIpc) is 3.16. The van der Waals surface area contributed by atoms with Crippen LogP contribution in [0.3, 0.4) is 0 Å². The van der Waals surface area contributed by atoms with E-state index in [0.29, 0.717) is 45.9 Å². The summed E-state index contributed by atoms with van der Waals surface area (Å²) in [5, 5.41) is 0. The first-order valence-electron chi connectivity index (χ1n) is 9.18. The van der Waals surface area contributed by atoms with Crippen molar-refractivity contribution in [3.05, 3.63) is 24.2 Å². The molecule has 2 aliphatic rings. The minimum absolute atomic E-state index is 0.0643. The Morgan fingerprint density at radius 2 is 1.73 bits per heavy atom. The second-order valence-electron chi connectivity index (χ2n) is 6.87. The summed E-state index contributed by atoms with van der Waals surface area (Å²) < 4.78 is 10.6. The molecule has 1 aromatic heterocycles. The molecule has 0 N–H and O–H groups in total. The number of hydrogen-bond acceptors (Lipinski definition) is 6. The molecule has 3 rings (SSSR count). The first-order chi connectivity index (χ1) is 12.6. The van der Waals surface area contributed by atoms with Crippen LogP contribution in [-0.4, -0.2) is 104 Å². The van der Waals surface area contributed by atoms with E-state index in [1.807, 2.05) is 17.0 Å². The Kier molecular flexibility index (Phi) is 6.65. The van der Waals surface area contributed by atoms with Crippen LogP contribution in [0.15, 0.2) is 22.8 Å². The predicted molar refractivity (Wildman–Crippen MR) is 95.5 cm³/mol. The minimum Gasteiger partial charge on any atom is -0.467 e. The number of piperazine rings is 1. The number of furan rings is 1. The molecule has 26 heavy (non-hydrogen) atoms. The lowest BCUT2D eigenvalue weighted by atomic mass is 10.3. The Hall–Kier alpha value is -1.90. The molecule has 1 aromatic rings. The lowest BCUT2D eigenvalue weighted by Gasteiger charge is -2.36. The van der Waals surface area contributed by atoms with Crippen LogP contribution in [-0.2, 0) is 20.9 Å².